The second kappa shape index (κ2) is 6.16. The number of benzene rings is 1. The third-order valence-corrected chi connectivity index (χ3v) is 4.53. The maximum Gasteiger partial charge on any atom is 0.241 e. The third-order valence-electron chi connectivity index (χ3n) is 4.53. The van der Waals surface area contributed by atoms with E-state index in [1.54, 1.807) is 0 Å². The molecule has 2 fully saturated rings. The number of aryl methyl sites for hydroxylation is 1. The molecule has 1 aromatic rings. The molecule has 2 aliphatic heterocycles. The van der Waals surface area contributed by atoms with Gasteiger partial charge in [0.1, 0.15) is 6.17 Å². The minimum absolute atomic E-state index is 0.00338. The first-order valence-corrected chi connectivity index (χ1v) is 7.90. The van der Waals surface area contributed by atoms with E-state index in [4.69, 9.17) is 4.74 Å². The number of hydrogen-bond donors (Lipinski definition) is 1. The first-order chi connectivity index (χ1) is 10.2. The van der Waals surface area contributed by atoms with E-state index in [1.807, 2.05) is 4.90 Å². The second-order valence-electron chi connectivity index (χ2n) is 6.16. The van der Waals surface area contributed by atoms with Gasteiger partial charge in [-0.25, -0.2) is 0 Å². The van der Waals surface area contributed by atoms with Crippen LogP contribution in [0.1, 0.15) is 37.1 Å². The van der Waals surface area contributed by atoms with E-state index in [0.717, 1.165) is 32.6 Å². The van der Waals surface area contributed by atoms with Gasteiger partial charge < -0.3 is 9.64 Å². The molecular formula is C17H24N2O2. The summed E-state index contributed by atoms with van der Waals surface area (Å²) in [7, 11) is 0. The lowest BCUT2D eigenvalue weighted by molar-refractivity contribution is -0.130. The van der Waals surface area contributed by atoms with Gasteiger partial charge in [-0.1, -0.05) is 36.8 Å². The van der Waals surface area contributed by atoms with Crippen molar-refractivity contribution in [1.29, 1.82) is 0 Å². The molecule has 1 amide bonds. The number of carbonyl (C=O) groups is 1. The van der Waals surface area contributed by atoms with Gasteiger partial charge in [-0.05, 0) is 25.3 Å². The van der Waals surface area contributed by atoms with Crippen molar-refractivity contribution in [2.24, 2.45) is 5.92 Å². The Hall–Kier alpha value is -1.39. The van der Waals surface area contributed by atoms with E-state index < -0.39 is 0 Å². The number of rotatable bonds is 4. The fourth-order valence-corrected chi connectivity index (χ4v) is 3.20. The molecule has 3 atom stereocenters. The van der Waals surface area contributed by atoms with Gasteiger partial charge in [-0.3, -0.25) is 10.1 Å². The topological polar surface area (TPSA) is 41.6 Å². The van der Waals surface area contributed by atoms with Gasteiger partial charge >= 0.3 is 0 Å². The monoisotopic (exact) mass is 288 g/mol. The summed E-state index contributed by atoms with van der Waals surface area (Å²) in [6, 6.07) is 8.40. The number of ether oxygens (including phenoxy) is 1. The minimum atomic E-state index is -0.0568. The lowest BCUT2D eigenvalue weighted by Gasteiger charge is -2.27. The molecule has 2 saturated heterocycles. The normalized spacial score (nSPS) is 29.3. The van der Waals surface area contributed by atoms with Crippen LogP contribution in [0, 0.1) is 12.8 Å². The van der Waals surface area contributed by atoms with Crippen LogP contribution in [0.3, 0.4) is 0 Å². The largest absolute Gasteiger partial charge is 0.381 e. The predicted octanol–water partition coefficient (Wildman–Crippen LogP) is 2.24. The summed E-state index contributed by atoms with van der Waals surface area (Å²) < 4.78 is 5.45. The third kappa shape index (κ3) is 2.97. The molecule has 0 radical (unpaired) electrons. The second-order valence-corrected chi connectivity index (χ2v) is 6.16. The highest BCUT2D eigenvalue weighted by Gasteiger charge is 2.39. The number of hydrogen-bond acceptors (Lipinski definition) is 3. The van der Waals surface area contributed by atoms with Crippen LogP contribution in [-0.2, 0) is 9.53 Å². The zero-order valence-electron chi connectivity index (χ0n) is 12.8. The molecule has 1 aromatic carbocycles. The Bertz CT molecular complexity index is 494. The molecule has 3 unspecified atom stereocenters. The van der Waals surface area contributed by atoms with E-state index in [9.17, 15) is 4.79 Å². The first kappa shape index (κ1) is 14.5. The Labute approximate surface area is 126 Å². The highest BCUT2D eigenvalue weighted by molar-refractivity contribution is 5.84. The van der Waals surface area contributed by atoms with Crippen LogP contribution in [0.15, 0.2) is 24.3 Å². The van der Waals surface area contributed by atoms with Crippen LogP contribution in [0.4, 0.5) is 0 Å². The van der Waals surface area contributed by atoms with Crippen molar-refractivity contribution in [1.82, 2.24) is 10.2 Å². The summed E-state index contributed by atoms with van der Waals surface area (Å²) in [4.78, 5) is 14.6. The molecule has 21 heavy (non-hydrogen) atoms. The highest BCUT2D eigenvalue weighted by Crippen LogP contribution is 2.29. The minimum Gasteiger partial charge on any atom is -0.381 e. The Balaban J connectivity index is 1.81. The van der Waals surface area contributed by atoms with Crippen molar-refractivity contribution in [3.8, 4) is 0 Å². The number of amides is 1. The summed E-state index contributed by atoms with van der Waals surface area (Å²) in [5.41, 5.74) is 2.41. The van der Waals surface area contributed by atoms with Crippen molar-refractivity contribution in [2.45, 2.75) is 38.9 Å². The van der Waals surface area contributed by atoms with Gasteiger partial charge in [0.2, 0.25) is 5.91 Å². The Morgan fingerprint density at radius 1 is 1.33 bits per heavy atom. The molecule has 2 aliphatic rings. The molecule has 4 nitrogen and oxygen atoms in total. The predicted molar refractivity (Wildman–Crippen MR) is 81.8 cm³/mol. The maximum atomic E-state index is 12.6. The van der Waals surface area contributed by atoms with Crippen molar-refractivity contribution < 1.29 is 9.53 Å². The van der Waals surface area contributed by atoms with Crippen molar-refractivity contribution in [2.75, 3.05) is 19.8 Å². The van der Waals surface area contributed by atoms with Gasteiger partial charge in [-0.2, -0.15) is 0 Å². The molecule has 0 bridgehead atoms. The highest BCUT2D eigenvalue weighted by atomic mass is 16.5. The molecule has 4 heteroatoms. The van der Waals surface area contributed by atoms with Crippen molar-refractivity contribution in [3.05, 3.63) is 35.4 Å². The van der Waals surface area contributed by atoms with Crippen LogP contribution in [0.25, 0.3) is 0 Å². The molecule has 2 heterocycles. The average Bonchev–Trinajstić information content (AvgIpc) is 3.10. The van der Waals surface area contributed by atoms with Crippen LogP contribution in [-0.4, -0.2) is 36.6 Å². The van der Waals surface area contributed by atoms with Crippen LogP contribution >= 0.6 is 0 Å². The van der Waals surface area contributed by atoms with Gasteiger partial charge in [0.25, 0.3) is 0 Å². The Morgan fingerprint density at radius 3 is 2.71 bits per heavy atom. The van der Waals surface area contributed by atoms with Gasteiger partial charge in [0.15, 0.2) is 0 Å². The molecule has 114 valence electrons. The average molecular weight is 288 g/mol. The molecule has 0 spiro atoms. The number of carbonyl (C=O) groups excluding carboxylic acids is 1. The summed E-state index contributed by atoms with van der Waals surface area (Å²) in [5, 5.41) is 3.49. The molecule has 1 N–H and O–H groups in total. The van der Waals surface area contributed by atoms with E-state index in [1.165, 1.54) is 11.1 Å². The zero-order chi connectivity index (χ0) is 14.8. The first-order valence-electron chi connectivity index (χ1n) is 7.90. The summed E-state index contributed by atoms with van der Waals surface area (Å²) >= 11 is 0. The summed E-state index contributed by atoms with van der Waals surface area (Å²) in [6.07, 6.45) is 1.89. The fraction of sp³-hybridized carbons (Fsp3) is 0.588. The molecule has 0 saturated carbocycles. The van der Waals surface area contributed by atoms with Gasteiger partial charge in [-0.15, -0.1) is 0 Å². The lowest BCUT2D eigenvalue weighted by Crippen LogP contribution is -2.35. The Morgan fingerprint density at radius 2 is 2.10 bits per heavy atom. The van der Waals surface area contributed by atoms with Crippen LogP contribution in [0.5, 0.6) is 0 Å². The molecule has 3 rings (SSSR count). The fourth-order valence-electron chi connectivity index (χ4n) is 3.20. The standard InChI is InChI=1S/C17H24N2O2/c1-3-15-17(20)19(10-13-8-9-21-11-13)16(18-15)14-6-4-12(2)5-7-14/h4-7,13,15-16,18H,3,8-11H2,1-2H3. The molecule has 0 aromatic heterocycles. The Kier molecular flexibility index (Phi) is 4.27. The van der Waals surface area contributed by atoms with E-state index in [-0.39, 0.29) is 18.1 Å². The SMILES string of the molecule is CCC1NC(c2ccc(C)cc2)N(CC2CCOC2)C1=O. The lowest BCUT2D eigenvalue weighted by atomic mass is 10.1. The van der Waals surface area contributed by atoms with Crippen molar-refractivity contribution >= 4 is 5.91 Å². The van der Waals surface area contributed by atoms with E-state index in [2.05, 4.69) is 43.4 Å². The smallest absolute Gasteiger partial charge is 0.241 e. The van der Waals surface area contributed by atoms with Gasteiger partial charge in [0.05, 0.1) is 12.6 Å². The maximum absolute atomic E-state index is 12.6. The van der Waals surface area contributed by atoms with Crippen molar-refractivity contribution in [3.63, 3.8) is 0 Å². The van der Waals surface area contributed by atoms with E-state index >= 15 is 0 Å². The van der Waals surface area contributed by atoms with Crippen LogP contribution in [0.2, 0.25) is 0 Å². The summed E-state index contributed by atoms with van der Waals surface area (Å²) in [5.74, 6) is 0.703. The van der Waals surface area contributed by atoms with Gasteiger partial charge in [0, 0.05) is 19.1 Å². The quantitative estimate of drug-likeness (QED) is 0.924. The molecular weight excluding hydrogens is 264 g/mol. The van der Waals surface area contributed by atoms with E-state index in [0.29, 0.717) is 5.92 Å². The molecule has 0 aliphatic carbocycles. The number of nitrogens with zero attached hydrogens (tertiary/aromatic N) is 1. The summed E-state index contributed by atoms with van der Waals surface area (Å²) in [6.45, 7) is 6.54. The van der Waals surface area contributed by atoms with Crippen LogP contribution < -0.4 is 5.32 Å². The zero-order valence-corrected chi connectivity index (χ0v) is 12.8. The number of nitrogens with one attached hydrogen (secondary N) is 1.